The van der Waals surface area contributed by atoms with Crippen LogP contribution >= 0.6 is 0 Å². The van der Waals surface area contributed by atoms with Crippen LogP contribution < -0.4 is 10.1 Å². The summed E-state index contributed by atoms with van der Waals surface area (Å²) in [4.78, 5) is 12.0. The zero-order valence-electron chi connectivity index (χ0n) is 13.1. The Morgan fingerprint density at radius 1 is 1.18 bits per heavy atom. The number of rotatable bonds is 6. The van der Waals surface area contributed by atoms with Gasteiger partial charge in [0.15, 0.2) is 0 Å². The molecule has 0 aliphatic carbocycles. The van der Waals surface area contributed by atoms with E-state index < -0.39 is 0 Å². The first-order valence-corrected chi connectivity index (χ1v) is 7.16. The van der Waals surface area contributed by atoms with Gasteiger partial charge in [0.05, 0.1) is 25.9 Å². The molecule has 118 valence electrons. The van der Waals surface area contributed by atoms with E-state index in [4.69, 9.17) is 14.2 Å². The number of carbonyl (C=O) groups excluding carboxylic acids is 1. The van der Waals surface area contributed by atoms with Crippen molar-refractivity contribution in [3.8, 4) is 5.75 Å². The van der Waals surface area contributed by atoms with Crippen LogP contribution in [0, 0.1) is 0 Å². The SMILES string of the molecule is CCOc1ccc(C2C(COC)=CNC=C2C(=O)OC)cc1. The highest BCUT2D eigenvalue weighted by Gasteiger charge is 2.29. The van der Waals surface area contributed by atoms with Crippen LogP contribution in [0.4, 0.5) is 0 Å². The van der Waals surface area contributed by atoms with Crippen molar-refractivity contribution in [2.75, 3.05) is 27.4 Å². The summed E-state index contributed by atoms with van der Waals surface area (Å²) < 4.78 is 15.6. The van der Waals surface area contributed by atoms with Gasteiger partial charge < -0.3 is 19.5 Å². The Balaban J connectivity index is 2.35. The summed E-state index contributed by atoms with van der Waals surface area (Å²) in [6.45, 7) is 2.99. The lowest BCUT2D eigenvalue weighted by Crippen LogP contribution is -2.24. The van der Waals surface area contributed by atoms with Crippen LogP contribution in [0.15, 0.2) is 47.8 Å². The van der Waals surface area contributed by atoms with E-state index in [0.29, 0.717) is 18.8 Å². The van der Waals surface area contributed by atoms with Gasteiger partial charge in [0.25, 0.3) is 0 Å². The number of benzene rings is 1. The van der Waals surface area contributed by atoms with E-state index >= 15 is 0 Å². The van der Waals surface area contributed by atoms with Crippen LogP contribution in [0.3, 0.4) is 0 Å². The lowest BCUT2D eigenvalue weighted by molar-refractivity contribution is -0.136. The largest absolute Gasteiger partial charge is 0.494 e. The Hall–Kier alpha value is -2.27. The number of methoxy groups -OCH3 is 2. The fourth-order valence-corrected chi connectivity index (χ4v) is 2.51. The summed E-state index contributed by atoms with van der Waals surface area (Å²) in [5, 5.41) is 2.99. The number of ether oxygens (including phenoxy) is 3. The monoisotopic (exact) mass is 303 g/mol. The van der Waals surface area contributed by atoms with Gasteiger partial charge in [0.1, 0.15) is 5.75 Å². The van der Waals surface area contributed by atoms with Crippen molar-refractivity contribution in [1.29, 1.82) is 0 Å². The Bertz CT molecular complexity index is 575. The fourth-order valence-electron chi connectivity index (χ4n) is 2.51. The predicted molar refractivity (Wildman–Crippen MR) is 83.5 cm³/mol. The molecule has 2 rings (SSSR count). The summed E-state index contributed by atoms with van der Waals surface area (Å²) in [6.07, 6.45) is 3.53. The average molecular weight is 303 g/mol. The third kappa shape index (κ3) is 3.49. The van der Waals surface area contributed by atoms with Crippen molar-refractivity contribution >= 4 is 5.97 Å². The molecule has 1 heterocycles. The molecule has 0 spiro atoms. The van der Waals surface area contributed by atoms with Crippen molar-refractivity contribution in [2.45, 2.75) is 12.8 Å². The molecule has 0 fully saturated rings. The van der Waals surface area contributed by atoms with Gasteiger partial charge in [-0.05, 0) is 30.2 Å². The maximum absolute atomic E-state index is 12.0. The molecule has 1 aliphatic rings. The number of carbonyl (C=O) groups is 1. The van der Waals surface area contributed by atoms with E-state index in [0.717, 1.165) is 16.9 Å². The first-order chi connectivity index (χ1) is 10.7. The van der Waals surface area contributed by atoms with E-state index in [1.807, 2.05) is 37.4 Å². The first kappa shape index (κ1) is 16.1. The van der Waals surface area contributed by atoms with Gasteiger partial charge in [0, 0.05) is 25.4 Å². The second-order valence-electron chi connectivity index (χ2n) is 4.85. The highest BCUT2D eigenvalue weighted by atomic mass is 16.5. The number of esters is 1. The van der Waals surface area contributed by atoms with Crippen molar-refractivity contribution in [2.24, 2.45) is 0 Å². The molecular weight excluding hydrogens is 282 g/mol. The molecular formula is C17H21NO4. The molecule has 0 amide bonds. The van der Waals surface area contributed by atoms with E-state index in [2.05, 4.69) is 5.32 Å². The molecule has 0 saturated heterocycles. The third-order valence-corrected chi connectivity index (χ3v) is 3.45. The van der Waals surface area contributed by atoms with Gasteiger partial charge in [-0.25, -0.2) is 4.79 Å². The summed E-state index contributed by atoms with van der Waals surface area (Å²) >= 11 is 0. The van der Waals surface area contributed by atoms with Gasteiger partial charge in [-0.2, -0.15) is 0 Å². The number of dihydropyridines is 1. The number of hydrogen-bond donors (Lipinski definition) is 1. The van der Waals surface area contributed by atoms with E-state index in [1.165, 1.54) is 7.11 Å². The lowest BCUT2D eigenvalue weighted by atomic mass is 9.84. The first-order valence-electron chi connectivity index (χ1n) is 7.16. The van der Waals surface area contributed by atoms with Gasteiger partial charge >= 0.3 is 5.97 Å². The molecule has 5 nitrogen and oxygen atoms in total. The molecule has 1 N–H and O–H groups in total. The Labute approximate surface area is 130 Å². The topological polar surface area (TPSA) is 56.8 Å². The van der Waals surface area contributed by atoms with E-state index in [9.17, 15) is 4.79 Å². The minimum absolute atomic E-state index is 0.190. The highest BCUT2D eigenvalue weighted by molar-refractivity contribution is 5.91. The van der Waals surface area contributed by atoms with Gasteiger partial charge in [-0.3, -0.25) is 0 Å². The Morgan fingerprint density at radius 2 is 1.91 bits per heavy atom. The molecule has 1 unspecified atom stereocenters. The second kappa shape index (κ2) is 7.66. The normalized spacial score (nSPS) is 17.1. The van der Waals surface area contributed by atoms with E-state index in [1.54, 1.807) is 13.3 Å². The molecule has 1 atom stereocenters. The minimum atomic E-state index is -0.354. The summed E-state index contributed by atoms with van der Waals surface area (Å²) in [5.41, 5.74) is 2.51. The predicted octanol–water partition coefficient (Wildman–Crippen LogP) is 2.36. The fraction of sp³-hybridized carbons (Fsp3) is 0.353. The second-order valence-corrected chi connectivity index (χ2v) is 4.85. The average Bonchev–Trinajstić information content (AvgIpc) is 2.55. The van der Waals surface area contributed by atoms with Crippen LogP contribution in [-0.2, 0) is 14.3 Å². The maximum atomic E-state index is 12.0. The zero-order valence-corrected chi connectivity index (χ0v) is 13.1. The van der Waals surface area contributed by atoms with Crippen molar-refractivity contribution in [3.05, 3.63) is 53.4 Å². The van der Waals surface area contributed by atoms with Crippen LogP contribution in [0.5, 0.6) is 5.75 Å². The number of hydrogen-bond acceptors (Lipinski definition) is 5. The van der Waals surface area contributed by atoms with Gasteiger partial charge in [0.2, 0.25) is 0 Å². The summed E-state index contributed by atoms with van der Waals surface area (Å²) in [5.74, 6) is 0.262. The molecule has 0 aromatic heterocycles. The van der Waals surface area contributed by atoms with Crippen LogP contribution in [0.25, 0.3) is 0 Å². The van der Waals surface area contributed by atoms with E-state index in [-0.39, 0.29) is 11.9 Å². The molecule has 0 radical (unpaired) electrons. The Morgan fingerprint density at radius 3 is 2.50 bits per heavy atom. The zero-order chi connectivity index (χ0) is 15.9. The summed E-state index contributed by atoms with van der Waals surface area (Å²) in [7, 11) is 3.01. The molecule has 1 aromatic carbocycles. The molecule has 1 aliphatic heterocycles. The molecule has 1 aromatic rings. The van der Waals surface area contributed by atoms with Crippen molar-refractivity contribution in [1.82, 2.24) is 5.32 Å². The lowest BCUT2D eigenvalue weighted by Gasteiger charge is -2.25. The molecule has 0 bridgehead atoms. The highest BCUT2D eigenvalue weighted by Crippen LogP contribution is 2.35. The molecule has 5 heteroatoms. The standard InChI is InChI=1S/C17H21NO4/c1-4-22-14-7-5-12(6-8-14)16-13(11-20-2)9-18-10-15(16)17(19)21-3/h5-10,16,18H,4,11H2,1-3H3. The quantitative estimate of drug-likeness (QED) is 0.818. The van der Waals surface area contributed by atoms with Crippen LogP contribution in [-0.4, -0.2) is 33.4 Å². The van der Waals surface area contributed by atoms with Crippen molar-refractivity contribution in [3.63, 3.8) is 0 Å². The smallest absolute Gasteiger partial charge is 0.336 e. The molecule has 22 heavy (non-hydrogen) atoms. The summed E-state index contributed by atoms with van der Waals surface area (Å²) in [6, 6.07) is 7.73. The molecule has 0 saturated carbocycles. The van der Waals surface area contributed by atoms with Crippen LogP contribution in [0.1, 0.15) is 18.4 Å². The minimum Gasteiger partial charge on any atom is -0.494 e. The maximum Gasteiger partial charge on any atom is 0.336 e. The van der Waals surface area contributed by atoms with Gasteiger partial charge in [-0.1, -0.05) is 12.1 Å². The van der Waals surface area contributed by atoms with Crippen LogP contribution in [0.2, 0.25) is 0 Å². The van der Waals surface area contributed by atoms with Gasteiger partial charge in [-0.15, -0.1) is 0 Å². The number of nitrogens with one attached hydrogen (secondary N) is 1. The third-order valence-electron chi connectivity index (χ3n) is 3.45. The Kier molecular flexibility index (Phi) is 5.61. The van der Waals surface area contributed by atoms with Crippen molar-refractivity contribution < 1.29 is 19.0 Å².